The maximum absolute atomic E-state index is 13.6. The summed E-state index contributed by atoms with van der Waals surface area (Å²) in [5, 5.41) is 2.81. The number of methoxy groups -OCH3 is 1. The predicted octanol–water partition coefficient (Wildman–Crippen LogP) is 4.06. The quantitative estimate of drug-likeness (QED) is 0.835. The first-order chi connectivity index (χ1) is 9.01. The number of nitrogens with two attached hydrogens (primary N) is 1. The Morgan fingerprint density at radius 2 is 1.84 bits per heavy atom. The van der Waals surface area contributed by atoms with Crippen LogP contribution in [0.3, 0.4) is 0 Å². The molecular formula is C13H11BrF2N2O. The molecule has 0 aromatic heterocycles. The molecule has 0 amide bonds. The van der Waals surface area contributed by atoms with Crippen molar-refractivity contribution in [3.63, 3.8) is 0 Å². The van der Waals surface area contributed by atoms with E-state index >= 15 is 0 Å². The Balaban J connectivity index is 2.40. The molecule has 6 heteroatoms. The van der Waals surface area contributed by atoms with Crippen LogP contribution in [0.4, 0.5) is 25.8 Å². The molecule has 0 aliphatic rings. The van der Waals surface area contributed by atoms with Crippen LogP contribution in [0.15, 0.2) is 34.8 Å². The molecule has 3 nitrogen and oxygen atoms in total. The fraction of sp³-hybridized carbons (Fsp3) is 0.0769. The largest absolute Gasteiger partial charge is 0.494 e. The van der Waals surface area contributed by atoms with Gasteiger partial charge in [-0.1, -0.05) is 15.9 Å². The number of anilines is 3. The number of benzene rings is 2. The van der Waals surface area contributed by atoms with Crippen LogP contribution in [0.2, 0.25) is 0 Å². The van der Waals surface area contributed by atoms with E-state index in [2.05, 4.69) is 21.2 Å². The van der Waals surface area contributed by atoms with Crippen LogP contribution < -0.4 is 15.8 Å². The van der Waals surface area contributed by atoms with Crippen LogP contribution in [0.25, 0.3) is 0 Å². The molecule has 0 bridgehead atoms. The summed E-state index contributed by atoms with van der Waals surface area (Å²) in [4.78, 5) is 0. The third-order valence-electron chi connectivity index (χ3n) is 2.52. The lowest BCUT2D eigenvalue weighted by atomic mass is 10.2. The number of ether oxygens (including phenoxy) is 1. The zero-order valence-electron chi connectivity index (χ0n) is 10.0. The summed E-state index contributed by atoms with van der Waals surface area (Å²) in [6.45, 7) is 0. The summed E-state index contributed by atoms with van der Waals surface area (Å²) in [5.74, 6) is -0.974. The van der Waals surface area contributed by atoms with Crippen LogP contribution in [0, 0.1) is 11.6 Å². The van der Waals surface area contributed by atoms with Gasteiger partial charge in [0.05, 0.1) is 24.2 Å². The topological polar surface area (TPSA) is 47.3 Å². The zero-order chi connectivity index (χ0) is 14.0. The number of hydrogen-bond donors (Lipinski definition) is 2. The second-order valence-corrected chi connectivity index (χ2v) is 4.74. The Bertz CT molecular complexity index is 620. The molecule has 100 valence electrons. The molecule has 0 saturated carbocycles. The number of nitrogens with one attached hydrogen (secondary N) is 1. The average Bonchev–Trinajstić information content (AvgIpc) is 2.37. The van der Waals surface area contributed by atoms with E-state index in [-0.39, 0.29) is 17.1 Å². The number of hydrogen-bond acceptors (Lipinski definition) is 3. The van der Waals surface area contributed by atoms with Gasteiger partial charge >= 0.3 is 0 Å². The number of halogens is 3. The Labute approximate surface area is 117 Å². The van der Waals surface area contributed by atoms with E-state index in [9.17, 15) is 8.78 Å². The van der Waals surface area contributed by atoms with Crippen LogP contribution in [-0.2, 0) is 0 Å². The van der Waals surface area contributed by atoms with E-state index in [4.69, 9.17) is 10.5 Å². The smallest absolute Gasteiger partial charge is 0.167 e. The highest BCUT2D eigenvalue weighted by Crippen LogP contribution is 2.32. The van der Waals surface area contributed by atoms with E-state index in [0.29, 0.717) is 10.2 Å². The molecule has 2 aromatic carbocycles. The minimum Gasteiger partial charge on any atom is -0.494 e. The summed E-state index contributed by atoms with van der Waals surface area (Å²) >= 11 is 3.25. The lowest BCUT2D eigenvalue weighted by Crippen LogP contribution is -2.00. The number of nitrogen functional groups attached to an aromatic ring is 1. The normalized spacial score (nSPS) is 10.3. The lowest BCUT2D eigenvalue weighted by molar-refractivity contribution is 0.387. The summed E-state index contributed by atoms with van der Waals surface area (Å²) in [7, 11) is 1.35. The van der Waals surface area contributed by atoms with Gasteiger partial charge < -0.3 is 15.8 Å². The van der Waals surface area contributed by atoms with Crippen LogP contribution in [0.1, 0.15) is 0 Å². The summed E-state index contributed by atoms with van der Waals surface area (Å²) in [6, 6.07) is 6.95. The first-order valence-corrected chi connectivity index (χ1v) is 6.15. The van der Waals surface area contributed by atoms with Crippen molar-refractivity contribution in [1.29, 1.82) is 0 Å². The second-order valence-electron chi connectivity index (χ2n) is 3.82. The SMILES string of the molecule is COc1cc(Nc2cc(Br)ccc2F)c(N)cc1F. The minimum atomic E-state index is -0.569. The molecule has 2 aromatic rings. The Morgan fingerprint density at radius 3 is 2.53 bits per heavy atom. The van der Waals surface area contributed by atoms with Crippen molar-refractivity contribution in [1.82, 2.24) is 0 Å². The molecule has 0 fully saturated rings. The van der Waals surface area contributed by atoms with Gasteiger partial charge in [0.25, 0.3) is 0 Å². The molecule has 0 atom stereocenters. The third-order valence-corrected chi connectivity index (χ3v) is 3.01. The second kappa shape index (κ2) is 5.44. The molecular weight excluding hydrogens is 318 g/mol. The highest BCUT2D eigenvalue weighted by atomic mass is 79.9. The highest BCUT2D eigenvalue weighted by Gasteiger charge is 2.10. The van der Waals surface area contributed by atoms with Gasteiger partial charge in [-0.25, -0.2) is 8.78 Å². The molecule has 0 saturated heterocycles. The molecule has 0 spiro atoms. The zero-order valence-corrected chi connectivity index (χ0v) is 11.6. The van der Waals surface area contributed by atoms with Crippen LogP contribution >= 0.6 is 15.9 Å². The van der Waals surface area contributed by atoms with Gasteiger partial charge in [-0.15, -0.1) is 0 Å². The first kappa shape index (κ1) is 13.6. The summed E-state index contributed by atoms with van der Waals surface area (Å²) in [6.07, 6.45) is 0. The van der Waals surface area contributed by atoms with Crippen molar-refractivity contribution in [2.75, 3.05) is 18.2 Å². The van der Waals surface area contributed by atoms with Crippen molar-refractivity contribution in [2.24, 2.45) is 0 Å². The molecule has 3 N–H and O–H groups in total. The maximum atomic E-state index is 13.6. The average molecular weight is 329 g/mol. The maximum Gasteiger partial charge on any atom is 0.167 e. The van der Waals surface area contributed by atoms with E-state index in [0.717, 1.165) is 6.07 Å². The third kappa shape index (κ3) is 2.96. The first-order valence-electron chi connectivity index (χ1n) is 5.36. The van der Waals surface area contributed by atoms with Crippen molar-refractivity contribution >= 4 is 33.0 Å². The van der Waals surface area contributed by atoms with Gasteiger partial charge in [0, 0.05) is 16.6 Å². The predicted molar refractivity (Wildman–Crippen MR) is 74.7 cm³/mol. The molecule has 0 radical (unpaired) electrons. The molecule has 19 heavy (non-hydrogen) atoms. The fourth-order valence-corrected chi connectivity index (χ4v) is 1.93. The van der Waals surface area contributed by atoms with Crippen molar-refractivity contribution < 1.29 is 13.5 Å². The standard InChI is InChI=1S/C13H11BrF2N2O/c1-19-13-6-12(10(17)5-9(13)16)18-11-4-7(14)2-3-8(11)15/h2-6,18H,17H2,1H3. The summed E-state index contributed by atoms with van der Waals surface area (Å²) < 4.78 is 32.6. The van der Waals surface area contributed by atoms with Gasteiger partial charge in [0.15, 0.2) is 11.6 Å². The summed E-state index contributed by atoms with van der Waals surface area (Å²) in [5.41, 5.74) is 6.46. The van der Waals surface area contributed by atoms with Crippen molar-refractivity contribution in [2.45, 2.75) is 0 Å². The Morgan fingerprint density at radius 1 is 1.11 bits per heavy atom. The molecule has 0 aliphatic carbocycles. The van der Waals surface area contributed by atoms with Gasteiger partial charge in [-0.05, 0) is 18.2 Å². The van der Waals surface area contributed by atoms with Crippen LogP contribution in [0.5, 0.6) is 5.75 Å². The Hall–Kier alpha value is -1.82. The molecule has 0 aliphatic heterocycles. The lowest BCUT2D eigenvalue weighted by Gasteiger charge is -2.12. The van der Waals surface area contributed by atoms with Gasteiger partial charge in [-0.2, -0.15) is 0 Å². The van der Waals surface area contributed by atoms with Crippen molar-refractivity contribution in [3.8, 4) is 5.75 Å². The molecule has 2 rings (SSSR count). The van der Waals surface area contributed by atoms with Gasteiger partial charge in [0.1, 0.15) is 5.82 Å². The minimum absolute atomic E-state index is 0.0344. The highest BCUT2D eigenvalue weighted by molar-refractivity contribution is 9.10. The molecule has 0 unspecified atom stereocenters. The van der Waals surface area contributed by atoms with Crippen LogP contribution in [-0.4, -0.2) is 7.11 Å². The van der Waals surface area contributed by atoms with Gasteiger partial charge in [0.2, 0.25) is 0 Å². The number of rotatable bonds is 3. The van der Waals surface area contributed by atoms with E-state index in [1.807, 2.05) is 0 Å². The van der Waals surface area contributed by atoms with E-state index in [1.165, 1.54) is 19.2 Å². The van der Waals surface area contributed by atoms with Gasteiger partial charge in [-0.3, -0.25) is 0 Å². The molecule has 0 heterocycles. The van der Waals surface area contributed by atoms with Crippen molar-refractivity contribution in [3.05, 3.63) is 46.4 Å². The van der Waals surface area contributed by atoms with E-state index < -0.39 is 11.6 Å². The monoisotopic (exact) mass is 328 g/mol. The Kier molecular flexibility index (Phi) is 3.90. The van der Waals surface area contributed by atoms with E-state index in [1.54, 1.807) is 12.1 Å². The fourth-order valence-electron chi connectivity index (χ4n) is 1.57.